The predicted molar refractivity (Wildman–Crippen MR) is 109 cm³/mol. The molecule has 0 radical (unpaired) electrons. The molecule has 154 valence electrons. The number of rotatable bonds is 7. The second kappa shape index (κ2) is 10.4. The molecule has 0 saturated heterocycles. The Bertz CT molecular complexity index is 734. The summed E-state index contributed by atoms with van der Waals surface area (Å²) in [6.07, 6.45) is 6.04. The van der Waals surface area contributed by atoms with Crippen LogP contribution >= 0.6 is 11.6 Å². The minimum Gasteiger partial charge on any atom is -0.493 e. The van der Waals surface area contributed by atoms with Crippen molar-refractivity contribution in [2.75, 3.05) is 20.8 Å². The van der Waals surface area contributed by atoms with Gasteiger partial charge < -0.3 is 19.5 Å². The van der Waals surface area contributed by atoms with Gasteiger partial charge >= 0.3 is 5.97 Å². The molecule has 1 amide bonds. The van der Waals surface area contributed by atoms with E-state index in [1.54, 1.807) is 18.2 Å². The van der Waals surface area contributed by atoms with Crippen molar-refractivity contribution in [1.82, 2.24) is 5.32 Å². The van der Waals surface area contributed by atoms with E-state index in [0.717, 1.165) is 12.8 Å². The van der Waals surface area contributed by atoms with Crippen LogP contribution in [0, 0.1) is 11.8 Å². The monoisotopic (exact) mass is 409 g/mol. The lowest BCUT2D eigenvalue weighted by Gasteiger charge is -2.34. The molecule has 1 aliphatic carbocycles. The van der Waals surface area contributed by atoms with E-state index in [2.05, 4.69) is 19.2 Å². The third kappa shape index (κ3) is 5.89. The molecule has 0 bridgehead atoms. The molecule has 0 unspecified atom stereocenters. The average Bonchev–Trinajstić information content (AvgIpc) is 2.67. The molecule has 0 aliphatic heterocycles. The molecule has 2 rings (SSSR count). The van der Waals surface area contributed by atoms with E-state index in [1.165, 1.54) is 26.7 Å². The summed E-state index contributed by atoms with van der Waals surface area (Å²) in [5.74, 6) is 0.999. The lowest BCUT2D eigenvalue weighted by atomic mass is 9.78. The number of esters is 1. The highest BCUT2D eigenvalue weighted by Crippen LogP contribution is 2.36. The first kappa shape index (κ1) is 22.1. The van der Waals surface area contributed by atoms with Crippen molar-refractivity contribution in [3.8, 4) is 11.5 Å². The molecule has 28 heavy (non-hydrogen) atoms. The van der Waals surface area contributed by atoms with Crippen molar-refractivity contribution in [3.05, 3.63) is 28.8 Å². The lowest BCUT2D eigenvalue weighted by molar-refractivity contribution is -0.144. The first-order valence-corrected chi connectivity index (χ1v) is 9.79. The Morgan fingerprint density at radius 1 is 1.21 bits per heavy atom. The van der Waals surface area contributed by atoms with Gasteiger partial charge in [0.25, 0.3) is 5.91 Å². The quantitative estimate of drug-likeness (QED) is 0.546. The minimum absolute atomic E-state index is 0.138. The summed E-state index contributed by atoms with van der Waals surface area (Å²) >= 11 is 6.14. The highest BCUT2D eigenvalue weighted by molar-refractivity contribution is 6.32. The number of hydrogen-bond donors (Lipinski definition) is 1. The summed E-state index contributed by atoms with van der Waals surface area (Å²) in [7, 11) is 3.00. The van der Waals surface area contributed by atoms with Crippen LogP contribution in [0.4, 0.5) is 0 Å². The molecule has 0 aromatic heterocycles. The van der Waals surface area contributed by atoms with E-state index in [-0.39, 0.29) is 18.6 Å². The first-order valence-electron chi connectivity index (χ1n) is 9.41. The van der Waals surface area contributed by atoms with Crippen LogP contribution in [0.15, 0.2) is 18.2 Å². The zero-order valence-corrected chi connectivity index (χ0v) is 17.5. The van der Waals surface area contributed by atoms with Gasteiger partial charge in [-0.2, -0.15) is 0 Å². The van der Waals surface area contributed by atoms with Crippen LogP contribution < -0.4 is 14.8 Å². The summed E-state index contributed by atoms with van der Waals surface area (Å²) in [6.45, 7) is 4.06. The Balaban J connectivity index is 1.86. The zero-order valence-electron chi connectivity index (χ0n) is 16.8. The molecule has 0 spiro atoms. The van der Waals surface area contributed by atoms with Gasteiger partial charge in [-0.3, -0.25) is 4.79 Å². The van der Waals surface area contributed by atoms with Gasteiger partial charge in [0, 0.05) is 12.1 Å². The van der Waals surface area contributed by atoms with Gasteiger partial charge in [0.1, 0.15) is 0 Å². The fraction of sp³-hybridized carbons (Fsp3) is 0.524. The van der Waals surface area contributed by atoms with Gasteiger partial charge in [-0.1, -0.05) is 38.3 Å². The van der Waals surface area contributed by atoms with E-state index in [4.69, 9.17) is 25.8 Å². The molecular weight excluding hydrogens is 382 g/mol. The summed E-state index contributed by atoms with van der Waals surface area (Å²) in [4.78, 5) is 24.0. The maximum Gasteiger partial charge on any atom is 0.331 e. The summed E-state index contributed by atoms with van der Waals surface area (Å²) in [5.41, 5.74) is 0.647. The van der Waals surface area contributed by atoms with Crippen molar-refractivity contribution in [2.45, 2.75) is 39.2 Å². The number of carbonyl (C=O) groups is 2. The predicted octanol–water partition coefficient (Wildman–Crippen LogP) is 3.85. The van der Waals surface area contributed by atoms with Crippen LogP contribution in [0.5, 0.6) is 11.5 Å². The minimum atomic E-state index is -0.605. The maximum absolute atomic E-state index is 12.1. The molecule has 1 fully saturated rings. The number of benzene rings is 1. The van der Waals surface area contributed by atoms with Crippen molar-refractivity contribution < 1.29 is 23.8 Å². The fourth-order valence-electron chi connectivity index (χ4n) is 3.42. The molecule has 0 heterocycles. The molecule has 6 nitrogen and oxygen atoms in total. The van der Waals surface area contributed by atoms with Gasteiger partial charge in [0.15, 0.2) is 18.1 Å². The van der Waals surface area contributed by atoms with Crippen LogP contribution in [0.1, 0.15) is 38.7 Å². The highest BCUT2D eigenvalue weighted by Gasteiger charge is 2.28. The largest absolute Gasteiger partial charge is 0.493 e. The van der Waals surface area contributed by atoms with Gasteiger partial charge in [-0.15, -0.1) is 0 Å². The van der Waals surface area contributed by atoms with Crippen molar-refractivity contribution in [2.24, 2.45) is 11.8 Å². The Morgan fingerprint density at radius 2 is 1.96 bits per heavy atom. The van der Waals surface area contributed by atoms with Crippen LogP contribution in [-0.2, 0) is 14.3 Å². The number of ether oxygens (including phenoxy) is 3. The number of methoxy groups -OCH3 is 2. The summed E-state index contributed by atoms with van der Waals surface area (Å²) in [5, 5.41) is 3.34. The third-order valence-electron chi connectivity index (χ3n) is 5.27. The molecule has 3 atom stereocenters. The molecule has 1 aliphatic rings. The zero-order chi connectivity index (χ0) is 20.7. The SMILES string of the molecule is COc1cc(/C=C/C(=O)OCC(=O)N[C@H]2CCC[C@H](C)[C@H]2C)cc(Cl)c1OC. The van der Waals surface area contributed by atoms with Gasteiger partial charge in [-0.05, 0) is 42.0 Å². The molecule has 1 N–H and O–H groups in total. The van der Waals surface area contributed by atoms with Crippen molar-refractivity contribution in [1.29, 1.82) is 0 Å². The second-order valence-corrected chi connectivity index (χ2v) is 7.53. The van der Waals surface area contributed by atoms with E-state index >= 15 is 0 Å². The van der Waals surface area contributed by atoms with Crippen LogP contribution in [0.2, 0.25) is 5.02 Å². The maximum atomic E-state index is 12.1. The Hall–Kier alpha value is -2.21. The Kier molecular flexibility index (Phi) is 8.18. The summed E-state index contributed by atoms with van der Waals surface area (Å²) in [6, 6.07) is 3.47. The van der Waals surface area contributed by atoms with E-state index < -0.39 is 5.97 Å². The number of carbonyl (C=O) groups excluding carboxylic acids is 2. The molecule has 1 saturated carbocycles. The molecule has 1 aromatic carbocycles. The van der Waals surface area contributed by atoms with E-state index in [9.17, 15) is 9.59 Å². The van der Waals surface area contributed by atoms with Gasteiger partial charge in [-0.25, -0.2) is 4.79 Å². The van der Waals surface area contributed by atoms with Crippen molar-refractivity contribution >= 4 is 29.6 Å². The average molecular weight is 410 g/mol. The third-order valence-corrected chi connectivity index (χ3v) is 5.55. The normalized spacial score (nSPS) is 22.0. The highest BCUT2D eigenvalue weighted by atomic mass is 35.5. The fourth-order valence-corrected chi connectivity index (χ4v) is 3.71. The van der Waals surface area contributed by atoms with Crippen LogP contribution in [-0.4, -0.2) is 38.7 Å². The Labute approximate surface area is 171 Å². The number of hydrogen-bond acceptors (Lipinski definition) is 5. The lowest BCUT2D eigenvalue weighted by Crippen LogP contribution is -2.45. The number of nitrogens with one attached hydrogen (secondary N) is 1. The molecule has 7 heteroatoms. The number of halogens is 1. The summed E-state index contributed by atoms with van der Waals surface area (Å²) < 4.78 is 15.4. The van der Waals surface area contributed by atoms with Gasteiger partial charge in [0.05, 0.1) is 19.2 Å². The van der Waals surface area contributed by atoms with E-state index in [1.807, 2.05) is 0 Å². The standard InChI is InChI=1S/C21H28ClNO5/c1-13-6-5-7-17(14(13)2)23-19(24)12-28-20(25)9-8-15-10-16(22)21(27-4)18(11-15)26-3/h8-11,13-14,17H,5-7,12H2,1-4H3,(H,23,24)/b9-8+/t13-,14+,17-/m0/s1. The number of amides is 1. The first-order chi connectivity index (χ1) is 13.3. The van der Waals surface area contributed by atoms with E-state index in [0.29, 0.717) is 33.9 Å². The smallest absolute Gasteiger partial charge is 0.331 e. The van der Waals surface area contributed by atoms with Crippen LogP contribution in [0.3, 0.4) is 0 Å². The van der Waals surface area contributed by atoms with Gasteiger partial charge in [0.2, 0.25) is 0 Å². The second-order valence-electron chi connectivity index (χ2n) is 7.12. The molecular formula is C21H28ClNO5. The van der Waals surface area contributed by atoms with Crippen LogP contribution in [0.25, 0.3) is 6.08 Å². The molecule has 1 aromatic rings. The topological polar surface area (TPSA) is 73.9 Å². The Morgan fingerprint density at radius 3 is 2.64 bits per heavy atom. The van der Waals surface area contributed by atoms with Crippen molar-refractivity contribution in [3.63, 3.8) is 0 Å².